The first-order valence-electron chi connectivity index (χ1n) is 5.67. The van der Waals surface area contributed by atoms with Crippen LogP contribution in [0.5, 0.6) is 0 Å². The number of aromatic nitrogens is 1. The van der Waals surface area contributed by atoms with Gasteiger partial charge in [0.2, 0.25) is 10.0 Å². The van der Waals surface area contributed by atoms with Crippen LogP contribution in [0.25, 0.3) is 0 Å². The number of hydrogen-bond donors (Lipinski definition) is 2. The molecule has 2 aromatic rings. The molecule has 0 amide bonds. The molecule has 0 unspecified atom stereocenters. The molecule has 0 spiro atoms. The lowest BCUT2D eigenvalue weighted by molar-refractivity contribution is 0.606. The molecule has 1 aromatic heterocycles. The molecule has 0 fully saturated rings. The summed E-state index contributed by atoms with van der Waals surface area (Å²) in [5, 5.41) is 11.8. The molecule has 102 valence electrons. The van der Waals surface area contributed by atoms with Crippen molar-refractivity contribution in [1.29, 1.82) is 5.26 Å². The van der Waals surface area contributed by atoms with Crippen LogP contribution in [0.4, 0.5) is 17.2 Å². The molecule has 0 saturated heterocycles. The fraction of sp³-hybridized carbons (Fsp3) is 0.0769. The second kappa shape index (κ2) is 5.59. The van der Waals surface area contributed by atoms with Gasteiger partial charge in [0.05, 0.1) is 29.8 Å². The van der Waals surface area contributed by atoms with Gasteiger partial charge < -0.3 is 5.32 Å². The maximum absolute atomic E-state index is 11.0. The number of rotatable bonds is 4. The van der Waals surface area contributed by atoms with Gasteiger partial charge in [-0.1, -0.05) is 0 Å². The minimum Gasteiger partial charge on any atom is -0.354 e. The maximum Gasteiger partial charge on any atom is 0.230 e. The van der Waals surface area contributed by atoms with Crippen LogP contribution in [0.1, 0.15) is 5.56 Å². The smallest absolute Gasteiger partial charge is 0.230 e. The molecule has 1 heterocycles. The molecule has 7 heteroatoms. The molecular formula is C13H12N4O2S. The van der Waals surface area contributed by atoms with E-state index in [9.17, 15) is 8.42 Å². The van der Waals surface area contributed by atoms with Crippen LogP contribution >= 0.6 is 0 Å². The van der Waals surface area contributed by atoms with Crippen LogP contribution in [0.3, 0.4) is 0 Å². The van der Waals surface area contributed by atoms with E-state index in [0.29, 0.717) is 11.3 Å². The van der Waals surface area contributed by atoms with Gasteiger partial charge in [-0.25, -0.2) is 13.4 Å². The summed E-state index contributed by atoms with van der Waals surface area (Å²) in [4.78, 5) is 3.99. The van der Waals surface area contributed by atoms with Gasteiger partial charge >= 0.3 is 0 Å². The number of benzene rings is 1. The van der Waals surface area contributed by atoms with Crippen LogP contribution in [-0.4, -0.2) is 19.7 Å². The Bertz CT molecular complexity index is 731. The topological polar surface area (TPSA) is 94.9 Å². The summed E-state index contributed by atoms with van der Waals surface area (Å²) in [7, 11) is -3.32. The highest BCUT2D eigenvalue weighted by Gasteiger charge is 2.03. The molecule has 0 aliphatic rings. The fourth-order valence-electron chi connectivity index (χ4n) is 1.51. The Morgan fingerprint density at radius 2 is 1.75 bits per heavy atom. The van der Waals surface area contributed by atoms with Gasteiger partial charge in [0.25, 0.3) is 0 Å². The van der Waals surface area contributed by atoms with E-state index in [-0.39, 0.29) is 5.82 Å². The van der Waals surface area contributed by atoms with Crippen LogP contribution in [0, 0.1) is 11.3 Å². The zero-order chi connectivity index (χ0) is 14.6. The summed E-state index contributed by atoms with van der Waals surface area (Å²) in [6.07, 6.45) is 2.59. The highest BCUT2D eigenvalue weighted by Crippen LogP contribution is 2.17. The molecule has 0 aliphatic heterocycles. The first kappa shape index (κ1) is 13.8. The zero-order valence-electron chi connectivity index (χ0n) is 10.7. The van der Waals surface area contributed by atoms with Crippen LogP contribution in [0.2, 0.25) is 0 Å². The maximum atomic E-state index is 11.0. The lowest BCUT2D eigenvalue weighted by atomic mass is 10.2. The highest BCUT2D eigenvalue weighted by molar-refractivity contribution is 7.92. The van der Waals surface area contributed by atoms with E-state index >= 15 is 0 Å². The Morgan fingerprint density at radius 1 is 1.10 bits per heavy atom. The normalized spacial score (nSPS) is 10.6. The standard InChI is InChI=1S/C13H12N4O2S/c1-20(18,19)17-13-7-6-12(9-15-13)16-11-4-2-10(8-14)3-5-11/h2-7,9,16H,1H3,(H,15,17). The number of sulfonamides is 1. The van der Waals surface area contributed by atoms with Gasteiger partial charge in [0.15, 0.2) is 0 Å². The summed E-state index contributed by atoms with van der Waals surface area (Å²) in [6.45, 7) is 0. The third-order valence-electron chi connectivity index (χ3n) is 2.36. The molecule has 2 N–H and O–H groups in total. The molecule has 20 heavy (non-hydrogen) atoms. The van der Waals surface area contributed by atoms with Crippen LogP contribution in [-0.2, 0) is 10.0 Å². The summed E-state index contributed by atoms with van der Waals surface area (Å²) in [5.74, 6) is 0.262. The van der Waals surface area contributed by atoms with Gasteiger partial charge in [-0.05, 0) is 36.4 Å². The predicted molar refractivity (Wildman–Crippen MR) is 77.1 cm³/mol. The summed E-state index contributed by atoms with van der Waals surface area (Å²) >= 11 is 0. The monoisotopic (exact) mass is 288 g/mol. The molecule has 0 atom stereocenters. The van der Waals surface area contributed by atoms with E-state index < -0.39 is 10.0 Å². The van der Waals surface area contributed by atoms with Crippen molar-refractivity contribution in [3.05, 3.63) is 48.2 Å². The number of hydrogen-bond acceptors (Lipinski definition) is 5. The molecule has 6 nitrogen and oxygen atoms in total. The number of nitrogens with one attached hydrogen (secondary N) is 2. The van der Waals surface area contributed by atoms with Crippen LogP contribution < -0.4 is 10.0 Å². The quantitative estimate of drug-likeness (QED) is 0.898. The summed E-state index contributed by atoms with van der Waals surface area (Å²) in [6, 6.07) is 12.3. The van der Waals surface area contributed by atoms with Crippen molar-refractivity contribution >= 4 is 27.2 Å². The first-order chi connectivity index (χ1) is 9.46. The van der Waals surface area contributed by atoms with E-state index in [0.717, 1.165) is 11.9 Å². The van der Waals surface area contributed by atoms with Crippen molar-refractivity contribution in [3.8, 4) is 6.07 Å². The van der Waals surface area contributed by atoms with E-state index in [1.54, 1.807) is 36.4 Å². The van der Waals surface area contributed by atoms with Crippen molar-refractivity contribution in [2.24, 2.45) is 0 Å². The van der Waals surface area contributed by atoms with Gasteiger partial charge in [-0.15, -0.1) is 0 Å². The summed E-state index contributed by atoms with van der Waals surface area (Å²) in [5.41, 5.74) is 2.12. The SMILES string of the molecule is CS(=O)(=O)Nc1ccc(Nc2ccc(C#N)cc2)cn1. The van der Waals surface area contributed by atoms with E-state index in [2.05, 4.69) is 15.0 Å². The Balaban J connectivity index is 2.08. The molecular weight excluding hydrogens is 276 g/mol. The lowest BCUT2D eigenvalue weighted by Gasteiger charge is -2.07. The summed E-state index contributed by atoms with van der Waals surface area (Å²) < 4.78 is 24.4. The van der Waals surface area contributed by atoms with Crippen LogP contribution in [0.15, 0.2) is 42.6 Å². The molecule has 0 radical (unpaired) electrons. The van der Waals surface area contributed by atoms with Crippen molar-refractivity contribution in [3.63, 3.8) is 0 Å². The van der Waals surface area contributed by atoms with Gasteiger partial charge in [-0.3, -0.25) is 4.72 Å². The average Bonchev–Trinajstić information content (AvgIpc) is 2.40. The Morgan fingerprint density at radius 3 is 2.25 bits per heavy atom. The average molecular weight is 288 g/mol. The van der Waals surface area contributed by atoms with Gasteiger partial charge in [-0.2, -0.15) is 5.26 Å². The van der Waals surface area contributed by atoms with E-state index in [4.69, 9.17) is 5.26 Å². The Labute approximate surface area is 117 Å². The van der Waals surface area contributed by atoms with Gasteiger partial charge in [0.1, 0.15) is 5.82 Å². The van der Waals surface area contributed by atoms with E-state index in [1.165, 1.54) is 6.20 Å². The van der Waals surface area contributed by atoms with Crippen molar-refractivity contribution in [1.82, 2.24) is 4.98 Å². The molecule has 0 saturated carbocycles. The second-order valence-electron chi connectivity index (χ2n) is 4.12. The van der Waals surface area contributed by atoms with Crippen molar-refractivity contribution in [2.75, 3.05) is 16.3 Å². The largest absolute Gasteiger partial charge is 0.354 e. The Kier molecular flexibility index (Phi) is 3.86. The molecule has 1 aromatic carbocycles. The Hall–Kier alpha value is -2.59. The molecule has 2 rings (SSSR count). The number of anilines is 3. The predicted octanol–water partition coefficient (Wildman–Crippen LogP) is 2.07. The molecule has 0 aliphatic carbocycles. The zero-order valence-corrected chi connectivity index (χ0v) is 11.5. The third-order valence-corrected chi connectivity index (χ3v) is 2.94. The third kappa shape index (κ3) is 3.96. The fourth-order valence-corrected chi connectivity index (χ4v) is 2.01. The number of pyridine rings is 1. The molecule has 0 bridgehead atoms. The van der Waals surface area contributed by atoms with E-state index in [1.807, 2.05) is 6.07 Å². The minimum absolute atomic E-state index is 0.262. The second-order valence-corrected chi connectivity index (χ2v) is 5.87. The first-order valence-corrected chi connectivity index (χ1v) is 7.56. The van der Waals surface area contributed by atoms with Crippen molar-refractivity contribution in [2.45, 2.75) is 0 Å². The lowest BCUT2D eigenvalue weighted by Crippen LogP contribution is -2.10. The number of nitriles is 1. The highest BCUT2D eigenvalue weighted by atomic mass is 32.2. The minimum atomic E-state index is -3.32. The van der Waals surface area contributed by atoms with Gasteiger partial charge in [0, 0.05) is 5.69 Å². The van der Waals surface area contributed by atoms with Crippen molar-refractivity contribution < 1.29 is 8.42 Å². The number of nitrogens with zero attached hydrogens (tertiary/aromatic N) is 2.